The third-order valence-electron chi connectivity index (χ3n) is 4.00. The molecule has 3 rings (SSSR count). The summed E-state index contributed by atoms with van der Waals surface area (Å²) in [5.74, 6) is 0.0333. The lowest BCUT2D eigenvalue weighted by atomic mass is 10.1. The van der Waals surface area contributed by atoms with Crippen LogP contribution in [0.25, 0.3) is 10.6 Å². The Morgan fingerprint density at radius 1 is 1.32 bits per heavy atom. The Kier molecular flexibility index (Phi) is 4.76. The Hall–Kier alpha value is -1.43. The van der Waals surface area contributed by atoms with Gasteiger partial charge in [0.05, 0.1) is 0 Å². The number of carbonyl (C=O) groups excluding carboxylic acids is 1. The van der Waals surface area contributed by atoms with E-state index in [-0.39, 0.29) is 5.91 Å². The molecule has 1 amide bonds. The van der Waals surface area contributed by atoms with Crippen LogP contribution >= 0.6 is 22.9 Å². The number of nitrogens with zero attached hydrogens (tertiary/aromatic N) is 2. The van der Waals surface area contributed by atoms with Crippen molar-refractivity contribution < 1.29 is 4.79 Å². The molecule has 0 aliphatic carbocycles. The summed E-state index contributed by atoms with van der Waals surface area (Å²) >= 11 is 7.39. The molecule has 0 unspecified atom stereocenters. The lowest BCUT2D eigenvalue weighted by Crippen LogP contribution is -2.44. The second kappa shape index (κ2) is 6.77. The van der Waals surface area contributed by atoms with Crippen LogP contribution in [0.3, 0.4) is 0 Å². The first kappa shape index (κ1) is 15.5. The number of amides is 1. The molecular formula is C16H18ClN3OS. The maximum atomic E-state index is 12.5. The molecule has 6 heteroatoms. The maximum absolute atomic E-state index is 12.5. The predicted octanol–water partition coefficient (Wildman–Crippen LogP) is 3.29. The van der Waals surface area contributed by atoms with Crippen molar-refractivity contribution in [2.24, 2.45) is 0 Å². The van der Waals surface area contributed by atoms with Gasteiger partial charge < -0.3 is 10.2 Å². The van der Waals surface area contributed by atoms with Gasteiger partial charge in [0.25, 0.3) is 5.91 Å². The van der Waals surface area contributed by atoms with Crippen LogP contribution in [-0.2, 0) is 0 Å². The van der Waals surface area contributed by atoms with E-state index in [9.17, 15) is 4.79 Å². The highest BCUT2D eigenvalue weighted by atomic mass is 35.5. The minimum atomic E-state index is 0.0333. The number of hydrogen-bond acceptors (Lipinski definition) is 4. The predicted molar refractivity (Wildman–Crippen MR) is 90.5 cm³/mol. The molecule has 2 heterocycles. The Morgan fingerprint density at radius 2 is 2.00 bits per heavy atom. The smallest absolute Gasteiger partial charge is 0.273 e. The second-order valence-electron chi connectivity index (χ2n) is 5.40. The lowest BCUT2D eigenvalue weighted by molar-refractivity contribution is 0.0702. The summed E-state index contributed by atoms with van der Waals surface area (Å²) in [6.45, 7) is 1.58. The van der Waals surface area contributed by atoms with Gasteiger partial charge in [-0.2, -0.15) is 0 Å². The Morgan fingerprint density at radius 3 is 2.64 bits per heavy atom. The van der Waals surface area contributed by atoms with Gasteiger partial charge in [-0.3, -0.25) is 4.79 Å². The number of aromatic nitrogens is 1. The van der Waals surface area contributed by atoms with Gasteiger partial charge in [0.1, 0.15) is 10.7 Å². The number of thiazole rings is 1. The van der Waals surface area contributed by atoms with Crippen molar-refractivity contribution in [2.45, 2.75) is 18.9 Å². The van der Waals surface area contributed by atoms with Crippen molar-refractivity contribution in [1.82, 2.24) is 15.2 Å². The number of carbonyl (C=O) groups is 1. The van der Waals surface area contributed by atoms with Crippen molar-refractivity contribution in [3.8, 4) is 10.6 Å². The minimum absolute atomic E-state index is 0.0333. The van der Waals surface area contributed by atoms with E-state index in [1.54, 1.807) is 0 Å². The molecule has 1 saturated heterocycles. The molecule has 116 valence electrons. The zero-order valence-corrected chi connectivity index (χ0v) is 14.0. The maximum Gasteiger partial charge on any atom is 0.273 e. The van der Waals surface area contributed by atoms with Crippen LogP contribution in [0, 0.1) is 0 Å². The van der Waals surface area contributed by atoms with E-state index in [2.05, 4.69) is 10.3 Å². The molecule has 4 nitrogen and oxygen atoms in total. The number of piperidine rings is 1. The van der Waals surface area contributed by atoms with Crippen molar-refractivity contribution in [3.63, 3.8) is 0 Å². The number of benzene rings is 1. The first-order chi connectivity index (χ1) is 10.7. The third kappa shape index (κ3) is 3.32. The summed E-state index contributed by atoms with van der Waals surface area (Å²) < 4.78 is 0. The van der Waals surface area contributed by atoms with Crippen molar-refractivity contribution >= 4 is 28.8 Å². The van der Waals surface area contributed by atoms with Crippen molar-refractivity contribution in [2.75, 3.05) is 20.1 Å². The van der Waals surface area contributed by atoms with E-state index in [1.165, 1.54) is 11.3 Å². The number of rotatable bonds is 3. The molecule has 0 atom stereocenters. The topological polar surface area (TPSA) is 45.2 Å². The van der Waals surface area contributed by atoms with E-state index in [0.717, 1.165) is 36.5 Å². The molecule has 1 N–H and O–H groups in total. The molecule has 2 aromatic rings. The van der Waals surface area contributed by atoms with Gasteiger partial charge in [0.15, 0.2) is 0 Å². The van der Waals surface area contributed by atoms with Crippen molar-refractivity contribution in [3.05, 3.63) is 40.4 Å². The Labute approximate surface area is 139 Å². The van der Waals surface area contributed by atoms with Gasteiger partial charge in [-0.15, -0.1) is 11.3 Å². The molecule has 0 saturated carbocycles. The Balaban J connectivity index is 1.71. The van der Waals surface area contributed by atoms with E-state index < -0.39 is 0 Å². The average Bonchev–Trinajstić information content (AvgIpc) is 3.05. The molecule has 22 heavy (non-hydrogen) atoms. The fourth-order valence-electron chi connectivity index (χ4n) is 2.63. The molecule has 0 radical (unpaired) electrons. The molecule has 1 aliphatic rings. The highest BCUT2D eigenvalue weighted by Crippen LogP contribution is 2.26. The number of likely N-dealkylation sites (tertiary alicyclic amines) is 1. The first-order valence-corrected chi connectivity index (χ1v) is 8.61. The van der Waals surface area contributed by atoms with Gasteiger partial charge >= 0.3 is 0 Å². The summed E-state index contributed by atoms with van der Waals surface area (Å²) in [5, 5.41) is 6.66. The van der Waals surface area contributed by atoms with Crippen LogP contribution in [0.4, 0.5) is 0 Å². The molecule has 1 aliphatic heterocycles. The van der Waals surface area contributed by atoms with E-state index >= 15 is 0 Å². The second-order valence-corrected chi connectivity index (χ2v) is 6.69. The van der Waals surface area contributed by atoms with Crippen LogP contribution < -0.4 is 5.32 Å². The molecule has 1 fully saturated rings. The summed E-state index contributed by atoms with van der Waals surface area (Å²) in [5.41, 5.74) is 1.53. The van der Waals surface area contributed by atoms with Gasteiger partial charge in [0.2, 0.25) is 0 Å². The summed E-state index contributed by atoms with van der Waals surface area (Å²) in [7, 11) is 1.97. The van der Waals surface area contributed by atoms with Crippen molar-refractivity contribution in [1.29, 1.82) is 0 Å². The van der Waals surface area contributed by atoms with E-state index in [0.29, 0.717) is 16.8 Å². The van der Waals surface area contributed by atoms with Crippen LogP contribution in [0.2, 0.25) is 5.02 Å². The van der Waals surface area contributed by atoms with Crippen LogP contribution in [0.5, 0.6) is 0 Å². The van der Waals surface area contributed by atoms with Crippen LogP contribution in [0.1, 0.15) is 23.3 Å². The fourth-order valence-corrected chi connectivity index (χ4v) is 3.56. The van der Waals surface area contributed by atoms with E-state index in [4.69, 9.17) is 11.6 Å². The highest BCUT2D eigenvalue weighted by Gasteiger charge is 2.24. The van der Waals surface area contributed by atoms with E-state index in [1.807, 2.05) is 41.6 Å². The van der Waals surface area contributed by atoms with Gasteiger partial charge in [-0.05, 0) is 32.0 Å². The summed E-state index contributed by atoms with van der Waals surface area (Å²) in [6, 6.07) is 8.04. The molecular weight excluding hydrogens is 318 g/mol. The SMILES string of the molecule is CNC1CCN(C(=O)c2csc(-c3ccc(Cl)cc3)n2)CC1. The Bertz CT molecular complexity index is 648. The van der Waals surface area contributed by atoms with Gasteiger partial charge in [-0.25, -0.2) is 4.98 Å². The molecule has 0 spiro atoms. The molecule has 0 bridgehead atoms. The summed E-state index contributed by atoms with van der Waals surface area (Å²) in [4.78, 5) is 18.9. The number of halogens is 1. The fraction of sp³-hybridized carbons (Fsp3) is 0.375. The molecule has 1 aromatic carbocycles. The third-order valence-corrected chi connectivity index (χ3v) is 5.15. The van der Waals surface area contributed by atoms with Gasteiger partial charge in [0, 0.05) is 35.1 Å². The van der Waals surface area contributed by atoms with Crippen LogP contribution in [-0.4, -0.2) is 42.0 Å². The quantitative estimate of drug-likeness (QED) is 0.936. The average molecular weight is 336 g/mol. The minimum Gasteiger partial charge on any atom is -0.337 e. The zero-order valence-electron chi connectivity index (χ0n) is 12.4. The number of nitrogens with one attached hydrogen (secondary N) is 1. The number of hydrogen-bond donors (Lipinski definition) is 1. The largest absolute Gasteiger partial charge is 0.337 e. The standard InChI is InChI=1S/C16H18ClN3OS/c1-18-13-6-8-20(9-7-13)16(21)14-10-22-15(19-14)11-2-4-12(17)5-3-11/h2-5,10,13,18H,6-9H2,1H3. The summed E-state index contributed by atoms with van der Waals surface area (Å²) in [6.07, 6.45) is 1.99. The van der Waals surface area contributed by atoms with Gasteiger partial charge in [-0.1, -0.05) is 23.7 Å². The lowest BCUT2D eigenvalue weighted by Gasteiger charge is -2.31. The zero-order chi connectivity index (χ0) is 15.5. The monoisotopic (exact) mass is 335 g/mol. The van der Waals surface area contributed by atoms with Crippen LogP contribution in [0.15, 0.2) is 29.6 Å². The highest BCUT2D eigenvalue weighted by molar-refractivity contribution is 7.13. The first-order valence-electron chi connectivity index (χ1n) is 7.35. The normalized spacial score (nSPS) is 16.0. The molecule has 1 aromatic heterocycles.